The van der Waals surface area contributed by atoms with E-state index in [-0.39, 0.29) is 12.0 Å². The first-order chi connectivity index (χ1) is 15.7. The molecule has 2 N–H and O–H groups in total. The maximum Gasteiger partial charge on any atom is 0.225 e. The molecule has 2 heterocycles. The first kappa shape index (κ1) is 23.1. The van der Waals surface area contributed by atoms with Gasteiger partial charge in [-0.1, -0.05) is 49.9 Å². The molecule has 1 aliphatic carbocycles. The summed E-state index contributed by atoms with van der Waals surface area (Å²) in [5, 5.41) is 6.97. The van der Waals surface area contributed by atoms with E-state index >= 15 is 0 Å². The van der Waals surface area contributed by atoms with E-state index in [9.17, 15) is 4.79 Å². The predicted octanol–water partition coefficient (Wildman–Crippen LogP) is 3.52. The number of hydrogen-bond acceptors (Lipinski definition) is 3. The number of nitrogens with one attached hydrogen (secondary N) is 2. The van der Waals surface area contributed by atoms with Crippen molar-refractivity contribution in [2.45, 2.75) is 76.9 Å². The Bertz CT molecular complexity index is 748. The third kappa shape index (κ3) is 6.47. The van der Waals surface area contributed by atoms with Gasteiger partial charge in [0, 0.05) is 45.2 Å². The fourth-order valence-electron chi connectivity index (χ4n) is 5.40. The molecule has 1 unspecified atom stereocenters. The van der Waals surface area contributed by atoms with Crippen molar-refractivity contribution in [2.75, 3.05) is 33.2 Å². The minimum Gasteiger partial charge on any atom is -0.352 e. The van der Waals surface area contributed by atoms with E-state index < -0.39 is 0 Å². The lowest BCUT2D eigenvalue weighted by molar-refractivity contribution is -0.134. The second-order valence-electron chi connectivity index (χ2n) is 9.83. The Morgan fingerprint density at radius 3 is 2.31 bits per heavy atom. The van der Waals surface area contributed by atoms with Gasteiger partial charge in [-0.3, -0.25) is 14.7 Å². The maximum absolute atomic E-state index is 12.7. The number of carbonyl (C=O) groups excluding carboxylic acids is 1. The standard InChI is InChI=1S/C26H41N5O/c1-27-26(29-24-14-17-31(20-24)25(32)23-8-4-5-9-23)28-18-21-10-12-22(13-11-21)19-30-15-6-2-3-7-16-30/h10-13,23-24H,2-9,14-20H2,1H3,(H2,27,28,29). The maximum atomic E-state index is 12.7. The molecule has 6 heteroatoms. The van der Waals surface area contributed by atoms with Gasteiger partial charge in [-0.15, -0.1) is 0 Å². The van der Waals surface area contributed by atoms with Crippen molar-refractivity contribution in [3.8, 4) is 0 Å². The average Bonchev–Trinajstić information content (AvgIpc) is 3.46. The van der Waals surface area contributed by atoms with Crippen LogP contribution >= 0.6 is 0 Å². The van der Waals surface area contributed by atoms with E-state index in [0.29, 0.717) is 5.91 Å². The van der Waals surface area contributed by atoms with Gasteiger partial charge >= 0.3 is 0 Å². The van der Waals surface area contributed by atoms with Crippen LogP contribution in [0.5, 0.6) is 0 Å². The fourth-order valence-corrected chi connectivity index (χ4v) is 5.40. The molecule has 1 aromatic carbocycles. The minimum atomic E-state index is 0.272. The summed E-state index contributed by atoms with van der Waals surface area (Å²) < 4.78 is 0. The molecule has 1 aromatic rings. The second kappa shape index (κ2) is 11.7. The molecule has 1 atom stereocenters. The van der Waals surface area contributed by atoms with Crippen molar-refractivity contribution in [3.05, 3.63) is 35.4 Å². The molecular weight excluding hydrogens is 398 g/mol. The van der Waals surface area contributed by atoms with Gasteiger partial charge in [0.15, 0.2) is 5.96 Å². The number of amides is 1. The normalized spacial score (nSPS) is 23.3. The molecule has 0 radical (unpaired) electrons. The molecule has 1 saturated carbocycles. The third-order valence-electron chi connectivity index (χ3n) is 7.36. The first-order valence-electron chi connectivity index (χ1n) is 12.8. The highest BCUT2D eigenvalue weighted by atomic mass is 16.2. The van der Waals surface area contributed by atoms with Gasteiger partial charge in [-0.25, -0.2) is 0 Å². The monoisotopic (exact) mass is 439 g/mol. The predicted molar refractivity (Wildman–Crippen MR) is 130 cm³/mol. The van der Waals surface area contributed by atoms with Gasteiger partial charge in [0.25, 0.3) is 0 Å². The summed E-state index contributed by atoms with van der Waals surface area (Å²) in [6.45, 7) is 5.94. The topological polar surface area (TPSA) is 60.0 Å². The van der Waals surface area contributed by atoms with Crippen LogP contribution in [0.4, 0.5) is 0 Å². The number of benzene rings is 1. The number of aliphatic imine (C=N–C) groups is 1. The molecule has 4 rings (SSSR count). The zero-order valence-corrected chi connectivity index (χ0v) is 19.8. The van der Waals surface area contributed by atoms with Crippen LogP contribution in [0.2, 0.25) is 0 Å². The van der Waals surface area contributed by atoms with Crippen molar-refractivity contribution >= 4 is 11.9 Å². The van der Waals surface area contributed by atoms with E-state index in [0.717, 1.165) is 51.4 Å². The van der Waals surface area contributed by atoms with E-state index in [1.54, 1.807) is 0 Å². The van der Waals surface area contributed by atoms with Gasteiger partial charge < -0.3 is 15.5 Å². The molecule has 0 spiro atoms. The summed E-state index contributed by atoms with van der Waals surface area (Å²) >= 11 is 0. The van der Waals surface area contributed by atoms with Crippen molar-refractivity contribution in [1.82, 2.24) is 20.4 Å². The second-order valence-corrected chi connectivity index (χ2v) is 9.83. The smallest absolute Gasteiger partial charge is 0.225 e. The van der Waals surface area contributed by atoms with Crippen LogP contribution in [-0.2, 0) is 17.9 Å². The van der Waals surface area contributed by atoms with Crippen LogP contribution in [0.3, 0.4) is 0 Å². The zero-order chi connectivity index (χ0) is 22.2. The molecule has 0 aromatic heterocycles. The molecule has 176 valence electrons. The van der Waals surface area contributed by atoms with E-state index in [1.165, 1.54) is 62.7 Å². The van der Waals surface area contributed by atoms with Gasteiger partial charge in [-0.2, -0.15) is 0 Å². The quantitative estimate of drug-likeness (QED) is 0.526. The summed E-state index contributed by atoms with van der Waals surface area (Å²) in [5.74, 6) is 1.46. The molecule has 3 fully saturated rings. The van der Waals surface area contributed by atoms with Crippen LogP contribution in [0.15, 0.2) is 29.3 Å². The molecule has 1 amide bonds. The lowest BCUT2D eigenvalue weighted by Crippen LogP contribution is -2.45. The summed E-state index contributed by atoms with van der Waals surface area (Å²) in [6.07, 6.45) is 11.0. The molecule has 32 heavy (non-hydrogen) atoms. The average molecular weight is 440 g/mol. The van der Waals surface area contributed by atoms with E-state index in [4.69, 9.17) is 0 Å². The van der Waals surface area contributed by atoms with Gasteiger partial charge in [0.2, 0.25) is 5.91 Å². The SMILES string of the molecule is CN=C(NCc1ccc(CN2CCCCCC2)cc1)NC1CCN(C(=O)C2CCCC2)C1. The Morgan fingerprint density at radius 2 is 1.62 bits per heavy atom. The fraction of sp³-hybridized carbons (Fsp3) is 0.692. The number of likely N-dealkylation sites (tertiary alicyclic amines) is 2. The Morgan fingerprint density at radius 1 is 0.938 bits per heavy atom. The van der Waals surface area contributed by atoms with E-state index in [2.05, 4.69) is 49.7 Å². The Labute approximate surface area is 193 Å². The van der Waals surface area contributed by atoms with Crippen molar-refractivity contribution in [1.29, 1.82) is 0 Å². The molecule has 2 saturated heterocycles. The van der Waals surface area contributed by atoms with Crippen molar-refractivity contribution in [3.63, 3.8) is 0 Å². The zero-order valence-electron chi connectivity index (χ0n) is 19.8. The van der Waals surface area contributed by atoms with Crippen molar-refractivity contribution < 1.29 is 4.79 Å². The van der Waals surface area contributed by atoms with Gasteiger partial charge in [0.1, 0.15) is 0 Å². The van der Waals surface area contributed by atoms with Crippen LogP contribution < -0.4 is 10.6 Å². The van der Waals surface area contributed by atoms with Crippen molar-refractivity contribution in [2.24, 2.45) is 10.9 Å². The number of rotatable bonds is 6. The Kier molecular flexibility index (Phi) is 8.43. The van der Waals surface area contributed by atoms with Crippen LogP contribution in [0, 0.1) is 5.92 Å². The molecule has 6 nitrogen and oxygen atoms in total. The Hall–Kier alpha value is -2.08. The number of guanidine groups is 1. The van der Waals surface area contributed by atoms with E-state index in [1.807, 2.05) is 7.05 Å². The highest BCUT2D eigenvalue weighted by Gasteiger charge is 2.32. The van der Waals surface area contributed by atoms with Gasteiger partial charge in [0.05, 0.1) is 0 Å². The first-order valence-corrected chi connectivity index (χ1v) is 12.8. The largest absolute Gasteiger partial charge is 0.352 e. The highest BCUT2D eigenvalue weighted by Crippen LogP contribution is 2.27. The summed E-state index contributed by atoms with van der Waals surface area (Å²) in [5.41, 5.74) is 2.66. The summed E-state index contributed by atoms with van der Waals surface area (Å²) in [7, 11) is 1.82. The highest BCUT2D eigenvalue weighted by molar-refractivity contribution is 5.81. The number of carbonyl (C=O) groups is 1. The minimum absolute atomic E-state index is 0.272. The van der Waals surface area contributed by atoms with Crippen LogP contribution in [0.1, 0.15) is 68.9 Å². The number of hydrogen-bond donors (Lipinski definition) is 2. The third-order valence-corrected chi connectivity index (χ3v) is 7.36. The van der Waals surface area contributed by atoms with Crippen LogP contribution in [-0.4, -0.2) is 60.9 Å². The molecular formula is C26H41N5O. The molecule has 2 aliphatic heterocycles. The molecule has 0 bridgehead atoms. The Balaban J connectivity index is 1.20. The van der Waals surface area contributed by atoms with Gasteiger partial charge in [-0.05, 0) is 56.3 Å². The lowest BCUT2D eigenvalue weighted by atomic mass is 10.1. The lowest BCUT2D eigenvalue weighted by Gasteiger charge is -2.21. The van der Waals surface area contributed by atoms with Crippen LogP contribution in [0.25, 0.3) is 0 Å². The molecule has 3 aliphatic rings. The number of nitrogens with zero attached hydrogens (tertiary/aromatic N) is 3. The summed E-state index contributed by atoms with van der Waals surface area (Å²) in [6, 6.07) is 9.27. The summed E-state index contributed by atoms with van der Waals surface area (Å²) in [4.78, 5) is 21.7.